The van der Waals surface area contributed by atoms with Crippen molar-refractivity contribution in [2.24, 2.45) is 5.92 Å². The highest BCUT2D eigenvalue weighted by molar-refractivity contribution is 4.82. The molecule has 0 radical (unpaired) electrons. The Morgan fingerprint density at radius 1 is 1.00 bits per heavy atom. The van der Waals surface area contributed by atoms with E-state index >= 15 is 0 Å². The molecule has 110 valence electrons. The Morgan fingerprint density at radius 2 is 1.67 bits per heavy atom. The van der Waals surface area contributed by atoms with Crippen LogP contribution in [0.25, 0.3) is 0 Å². The van der Waals surface area contributed by atoms with E-state index in [0.29, 0.717) is 12.1 Å². The van der Waals surface area contributed by atoms with E-state index in [1.165, 1.54) is 38.6 Å². The molecule has 2 heteroatoms. The summed E-state index contributed by atoms with van der Waals surface area (Å²) >= 11 is 0. The molecule has 0 heterocycles. The summed E-state index contributed by atoms with van der Waals surface area (Å²) in [4.78, 5) is 2.57. The summed E-state index contributed by atoms with van der Waals surface area (Å²) in [5, 5.41) is 3.75. The molecule has 0 fully saturated rings. The van der Waals surface area contributed by atoms with Gasteiger partial charge in [0.15, 0.2) is 0 Å². The second-order valence-electron chi connectivity index (χ2n) is 5.99. The molecule has 2 unspecified atom stereocenters. The normalized spacial score (nSPS) is 15.3. The van der Waals surface area contributed by atoms with Gasteiger partial charge in [0, 0.05) is 12.1 Å². The van der Waals surface area contributed by atoms with E-state index in [9.17, 15) is 0 Å². The fourth-order valence-corrected chi connectivity index (χ4v) is 2.60. The first-order valence-corrected chi connectivity index (χ1v) is 8.00. The molecule has 0 aliphatic heterocycles. The predicted octanol–water partition coefficient (Wildman–Crippen LogP) is 3.91. The Hall–Kier alpha value is -0.0800. The zero-order chi connectivity index (χ0) is 14.0. The standard InChI is InChI=1S/C16H36N2/c1-7-10-15(17-12-8-2)16(9-3)18(6)13-11-14(4)5/h14-17H,7-13H2,1-6H3. The van der Waals surface area contributed by atoms with Crippen LogP contribution in [-0.2, 0) is 0 Å². The predicted molar refractivity (Wildman–Crippen MR) is 83.2 cm³/mol. The summed E-state index contributed by atoms with van der Waals surface area (Å²) in [6.45, 7) is 13.9. The van der Waals surface area contributed by atoms with Crippen molar-refractivity contribution in [3.8, 4) is 0 Å². The quantitative estimate of drug-likeness (QED) is 0.603. The van der Waals surface area contributed by atoms with Gasteiger partial charge < -0.3 is 10.2 Å². The molecule has 1 N–H and O–H groups in total. The van der Waals surface area contributed by atoms with E-state index in [4.69, 9.17) is 0 Å². The number of nitrogens with zero attached hydrogens (tertiary/aromatic N) is 1. The van der Waals surface area contributed by atoms with Gasteiger partial charge in [-0.3, -0.25) is 0 Å². The molecule has 0 aromatic carbocycles. The lowest BCUT2D eigenvalue weighted by atomic mass is 9.98. The van der Waals surface area contributed by atoms with Crippen LogP contribution in [-0.4, -0.2) is 37.1 Å². The topological polar surface area (TPSA) is 15.3 Å². The Labute approximate surface area is 116 Å². The van der Waals surface area contributed by atoms with Crippen LogP contribution in [0.3, 0.4) is 0 Å². The van der Waals surface area contributed by atoms with Gasteiger partial charge in [0.05, 0.1) is 0 Å². The van der Waals surface area contributed by atoms with Crippen LogP contribution in [0.15, 0.2) is 0 Å². The molecule has 0 saturated carbocycles. The zero-order valence-corrected chi connectivity index (χ0v) is 13.6. The van der Waals surface area contributed by atoms with Gasteiger partial charge in [-0.05, 0) is 51.7 Å². The van der Waals surface area contributed by atoms with Crippen molar-refractivity contribution in [3.63, 3.8) is 0 Å². The minimum atomic E-state index is 0.664. The molecule has 0 spiro atoms. The zero-order valence-electron chi connectivity index (χ0n) is 13.6. The summed E-state index contributed by atoms with van der Waals surface area (Å²) in [7, 11) is 2.30. The van der Waals surface area contributed by atoms with E-state index in [1.54, 1.807) is 0 Å². The van der Waals surface area contributed by atoms with Gasteiger partial charge in [-0.2, -0.15) is 0 Å². The van der Waals surface area contributed by atoms with E-state index < -0.39 is 0 Å². The van der Waals surface area contributed by atoms with Crippen LogP contribution >= 0.6 is 0 Å². The molecule has 0 saturated heterocycles. The summed E-state index contributed by atoms with van der Waals surface area (Å²) < 4.78 is 0. The van der Waals surface area contributed by atoms with Crippen molar-refractivity contribution in [1.29, 1.82) is 0 Å². The molecule has 0 aliphatic rings. The Bertz CT molecular complexity index is 180. The van der Waals surface area contributed by atoms with Gasteiger partial charge >= 0.3 is 0 Å². The van der Waals surface area contributed by atoms with Crippen molar-refractivity contribution in [2.75, 3.05) is 20.1 Å². The van der Waals surface area contributed by atoms with Crippen molar-refractivity contribution in [2.45, 2.75) is 78.8 Å². The highest BCUT2D eigenvalue weighted by Gasteiger charge is 2.22. The molecular weight excluding hydrogens is 220 g/mol. The molecule has 0 bridgehead atoms. The van der Waals surface area contributed by atoms with Crippen LogP contribution in [0.2, 0.25) is 0 Å². The summed E-state index contributed by atoms with van der Waals surface area (Å²) in [5.74, 6) is 0.804. The summed E-state index contributed by atoms with van der Waals surface area (Å²) in [6, 6.07) is 1.35. The lowest BCUT2D eigenvalue weighted by Gasteiger charge is -2.35. The Balaban J connectivity index is 4.35. The number of hydrogen-bond acceptors (Lipinski definition) is 2. The van der Waals surface area contributed by atoms with Gasteiger partial charge in [0.2, 0.25) is 0 Å². The average molecular weight is 256 g/mol. The largest absolute Gasteiger partial charge is 0.312 e. The van der Waals surface area contributed by atoms with Gasteiger partial charge in [-0.15, -0.1) is 0 Å². The Morgan fingerprint density at radius 3 is 2.11 bits per heavy atom. The molecule has 0 aromatic heterocycles. The maximum Gasteiger partial charge on any atom is 0.0243 e. The van der Waals surface area contributed by atoms with Crippen LogP contribution in [0, 0.1) is 5.92 Å². The fourth-order valence-electron chi connectivity index (χ4n) is 2.60. The third-order valence-corrected chi connectivity index (χ3v) is 3.76. The van der Waals surface area contributed by atoms with Crippen molar-refractivity contribution < 1.29 is 0 Å². The van der Waals surface area contributed by atoms with Crippen LogP contribution in [0.5, 0.6) is 0 Å². The smallest absolute Gasteiger partial charge is 0.0243 e. The highest BCUT2D eigenvalue weighted by Crippen LogP contribution is 2.14. The first-order chi connectivity index (χ1) is 8.56. The average Bonchev–Trinajstić information content (AvgIpc) is 2.34. The SMILES string of the molecule is CCCNC(CCC)C(CC)N(C)CCC(C)C. The second-order valence-corrected chi connectivity index (χ2v) is 5.99. The maximum absolute atomic E-state index is 3.75. The lowest BCUT2D eigenvalue weighted by molar-refractivity contribution is 0.171. The van der Waals surface area contributed by atoms with E-state index in [0.717, 1.165) is 12.5 Å². The highest BCUT2D eigenvalue weighted by atomic mass is 15.2. The molecule has 0 aromatic rings. The van der Waals surface area contributed by atoms with Gasteiger partial charge in [0.1, 0.15) is 0 Å². The van der Waals surface area contributed by atoms with Crippen LogP contribution < -0.4 is 5.32 Å². The van der Waals surface area contributed by atoms with Crippen LogP contribution in [0.4, 0.5) is 0 Å². The number of hydrogen-bond donors (Lipinski definition) is 1. The van der Waals surface area contributed by atoms with Crippen molar-refractivity contribution in [3.05, 3.63) is 0 Å². The summed E-state index contributed by atoms with van der Waals surface area (Å²) in [6.07, 6.45) is 6.35. The second kappa shape index (κ2) is 10.8. The molecule has 0 aliphatic carbocycles. The molecule has 2 atom stereocenters. The van der Waals surface area contributed by atoms with Crippen molar-refractivity contribution in [1.82, 2.24) is 10.2 Å². The third-order valence-electron chi connectivity index (χ3n) is 3.76. The maximum atomic E-state index is 3.75. The van der Waals surface area contributed by atoms with Gasteiger partial charge in [-0.25, -0.2) is 0 Å². The fraction of sp³-hybridized carbons (Fsp3) is 1.00. The molecule has 2 nitrogen and oxygen atoms in total. The Kier molecular flexibility index (Phi) is 10.8. The lowest BCUT2D eigenvalue weighted by Crippen LogP contribution is -2.49. The van der Waals surface area contributed by atoms with Gasteiger partial charge in [0.25, 0.3) is 0 Å². The number of rotatable bonds is 11. The molecule has 18 heavy (non-hydrogen) atoms. The van der Waals surface area contributed by atoms with E-state index in [-0.39, 0.29) is 0 Å². The minimum Gasteiger partial charge on any atom is -0.312 e. The minimum absolute atomic E-state index is 0.664. The first-order valence-electron chi connectivity index (χ1n) is 8.00. The van der Waals surface area contributed by atoms with E-state index in [2.05, 4.69) is 51.9 Å². The van der Waals surface area contributed by atoms with Crippen molar-refractivity contribution >= 4 is 0 Å². The molecule has 0 amide bonds. The first kappa shape index (κ1) is 17.9. The molecule has 0 rings (SSSR count). The van der Waals surface area contributed by atoms with Crippen LogP contribution in [0.1, 0.15) is 66.7 Å². The number of nitrogens with one attached hydrogen (secondary N) is 1. The van der Waals surface area contributed by atoms with E-state index in [1.807, 2.05) is 0 Å². The molecular formula is C16H36N2. The monoisotopic (exact) mass is 256 g/mol. The third kappa shape index (κ3) is 7.38. The number of likely N-dealkylation sites (N-methyl/N-ethyl adjacent to an activating group) is 1. The summed E-state index contributed by atoms with van der Waals surface area (Å²) in [5.41, 5.74) is 0. The van der Waals surface area contributed by atoms with Gasteiger partial charge in [-0.1, -0.05) is 41.0 Å².